The first-order chi connectivity index (χ1) is 20.9. The van der Waals surface area contributed by atoms with Gasteiger partial charge in [-0.3, -0.25) is 14.4 Å². The van der Waals surface area contributed by atoms with Gasteiger partial charge >= 0.3 is 0 Å². The van der Waals surface area contributed by atoms with Crippen LogP contribution in [0.4, 0.5) is 5.69 Å². The number of aromatic nitrogens is 2. The van der Waals surface area contributed by atoms with Crippen molar-refractivity contribution in [2.75, 3.05) is 45.6 Å². The molecule has 7 rings (SSSR count). The van der Waals surface area contributed by atoms with Crippen LogP contribution in [0.1, 0.15) is 57.5 Å². The summed E-state index contributed by atoms with van der Waals surface area (Å²) < 4.78 is 0. The maximum absolute atomic E-state index is 13.4. The molecule has 4 aromatic rings. The molecule has 1 aliphatic carbocycles. The van der Waals surface area contributed by atoms with Crippen molar-refractivity contribution in [3.8, 4) is 0 Å². The highest BCUT2D eigenvalue weighted by Crippen LogP contribution is 2.46. The second kappa shape index (κ2) is 11.0. The summed E-state index contributed by atoms with van der Waals surface area (Å²) in [6.45, 7) is 3.14. The third kappa shape index (κ3) is 5.18. The second-order valence-electron chi connectivity index (χ2n) is 12.3. The standard InChI is InChI=1S/C34H36N6O3/c1-38(2)20-21-6-8-23(9-7-21)30-28(31-29-26(32(41)37-36-31)4-3-5-27(29)35-30)22-10-12-24(13-11-22)33(42)39-16-18-40(19-17-39)34(43)25-14-15-25/h3-13,25,28,30,35H,14-20H2,1-2H3,(H,37,41). The van der Waals surface area contributed by atoms with E-state index in [1.54, 1.807) is 0 Å². The predicted octanol–water partition coefficient (Wildman–Crippen LogP) is 3.98. The van der Waals surface area contributed by atoms with Gasteiger partial charge in [0.05, 0.1) is 23.0 Å². The zero-order chi connectivity index (χ0) is 29.7. The number of benzene rings is 3. The summed E-state index contributed by atoms with van der Waals surface area (Å²) in [5.41, 5.74) is 5.44. The highest BCUT2D eigenvalue weighted by molar-refractivity contribution is 5.97. The first-order valence-electron chi connectivity index (χ1n) is 15.1. The lowest BCUT2D eigenvalue weighted by Gasteiger charge is -2.35. The van der Waals surface area contributed by atoms with Crippen LogP contribution in [0, 0.1) is 5.92 Å². The summed E-state index contributed by atoms with van der Waals surface area (Å²) in [4.78, 5) is 44.4. The van der Waals surface area contributed by atoms with Gasteiger partial charge in [0, 0.05) is 55.3 Å². The fourth-order valence-corrected chi connectivity index (χ4v) is 6.55. The van der Waals surface area contributed by atoms with Gasteiger partial charge in [-0.05, 0) is 67.9 Å². The fourth-order valence-electron chi connectivity index (χ4n) is 6.55. The maximum atomic E-state index is 13.4. The van der Waals surface area contributed by atoms with E-state index in [-0.39, 0.29) is 35.3 Å². The molecule has 220 valence electrons. The molecule has 3 aromatic carbocycles. The second-order valence-corrected chi connectivity index (χ2v) is 12.3. The Morgan fingerprint density at radius 2 is 1.56 bits per heavy atom. The molecule has 0 spiro atoms. The number of carbonyl (C=O) groups is 2. The molecule has 3 aliphatic rings. The molecule has 2 atom stereocenters. The molecule has 1 saturated heterocycles. The van der Waals surface area contributed by atoms with Crippen LogP contribution in [0.15, 0.2) is 71.5 Å². The molecule has 2 unspecified atom stereocenters. The summed E-state index contributed by atoms with van der Waals surface area (Å²) >= 11 is 0. The number of nitrogens with one attached hydrogen (secondary N) is 2. The first-order valence-corrected chi connectivity index (χ1v) is 15.1. The van der Waals surface area contributed by atoms with Crippen LogP contribution >= 0.6 is 0 Å². The minimum atomic E-state index is -0.215. The number of piperazine rings is 1. The number of carbonyl (C=O) groups excluding carboxylic acids is 2. The van der Waals surface area contributed by atoms with E-state index in [0.717, 1.165) is 47.3 Å². The van der Waals surface area contributed by atoms with Gasteiger partial charge in [-0.1, -0.05) is 42.5 Å². The molecule has 2 fully saturated rings. The van der Waals surface area contributed by atoms with Crippen molar-refractivity contribution in [1.29, 1.82) is 0 Å². The summed E-state index contributed by atoms with van der Waals surface area (Å²) in [5, 5.41) is 12.5. The monoisotopic (exact) mass is 576 g/mol. The molecule has 0 bridgehead atoms. The van der Waals surface area contributed by atoms with Crippen LogP contribution in [0.25, 0.3) is 10.8 Å². The van der Waals surface area contributed by atoms with Crippen molar-refractivity contribution in [2.24, 2.45) is 5.92 Å². The summed E-state index contributed by atoms with van der Waals surface area (Å²) in [5.74, 6) is 0.227. The smallest absolute Gasteiger partial charge is 0.272 e. The highest BCUT2D eigenvalue weighted by Gasteiger charge is 2.36. The quantitative estimate of drug-likeness (QED) is 0.360. The molecule has 9 nitrogen and oxygen atoms in total. The zero-order valence-corrected chi connectivity index (χ0v) is 24.5. The first kappa shape index (κ1) is 27.3. The Kier molecular flexibility index (Phi) is 6.97. The fraction of sp³-hybridized carbons (Fsp3) is 0.353. The average Bonchev–Trinajstić information content (AvgIpc) is 3.88. The molecule has 3 heterocycles. The Hall–Kier alpha value is -4.50. The maximum Gasteiger partial charge on any atom is 0.272 e. The number of anilines is 1. The van der Waals surface area contributed by atoms with Crippen molar-refractivity contribution in [3.63, 3.8) is 0 Å². The molecule has 2 aliphatic heterocycles. The average molecular weight is 577 g/mol. The number of H-pyrrole nitrogens is 1. The van der Waals surface area contributed by atoms with Crippen molar-refractivity contribution >= 4 is 28.3 Å². The minimum Gasteiger partial charge on any atom is -0.377 e. The van der Waals surface area contributed by atoms with E-state index in [4.69, 9.17) is 0 Å². The van der Waals surface area contributed by atoms with E-state index in [9.17, 15) is 14.4 Å². The number of hydrogen-bond donors (Lipinski definition) is 2. The number of nitrogens with zero attached hydrogens (tertiary/aromatic N) is 4. The van der Waals surface area contributed by atoms with E-state index < -0.39 is 0 Å². The Bertz CT molecular complexity index is 1740. The molecule has 43 heavy (non-hydrogen) atoms. The number of rotatable bonds is 6. The van der Waals surface area contributed by atoms with Crippen LogP contribution in [-0.4, -0.2) is 77.0 Å². The molecule has 9 heteroatoms. The van der Waals surface area contributed by atoms with Crippen LogP contribution in [-0.2, 0) is 11.3 Å². The SMILES string of the molecule is CN(C)Cc1ccc(C2Nc3cccc4c(=O)[nH]nc(c34)C2c2ccc(C(=O)N3CCN(C(=O)C4CC4)CC3)cc2)cc1. The molecule has 2 amide bonds. The number of hydrogen-bond acceptors (Lipinski definition) is 6. The summed E-state index contributed by atoms with van der Waals surface area (Å²) in [7, 11) is 4.11. The zero-order valence-electron chi connectivity index (χ0n) is 24.5. The molecule has 2 N–H and O–H groups in total. The lowest BCUT2D eigenvalue weighted by atomic mass is 9.79. The van der Waals surface area contributed by atoms with Crippen LogP contribution in [0.3, 0.4) is 0 Å². The van der Waals surface area contributed by atoms with E-state index >= 15 is 0 Å². The molecule has 1 aromatic heterocycles. The summed E-state index contributed by atoms with van der Waals surface area (Å²) in [6, 6.07) is 22.0. The topological polar surface area (TPSA) is 102 Å². The third-order valence-electron chi connectivity index (χ3n) is 8.94. The van der Waals surface area contributed by atoms with E-state index in [2.05, 4.69) is 58.8 Å². The van der Waals surface area contributed by atoms with Gasteiger partial charge in [-0.15, -0.1) is 0 Å². The van der Waals surface area contributed by atoms with Gasteiger partial charge in [0.1, 0.15) is 0 Å². The molecular weight excluding hydrogens is 540 g/mol. The predicted molar refractivity (Wildman–Crippen MR) is 166 cm³/mol. The van der Waals surface area contributed by atoms with E-state index in [1.807, 2.05) is 52.3 Å². The van der Waals surface area contributed by atoms with Gasteiger partial charge in [-0.25, -0.2) is 5.10 Å². The molecule has 1 saturated carbocycles. The minimum absolute atomic E-state index is 0.0187. The van der Waals surface area contributed by atoms with Crippen LogP contribution < -0.4 is 10.9 Å². The third-order valence-corrected chi connectivity index (χ3v) is 8.94. The van der Waals surface area contributed by atoms with Crippen LogP contribution in [0.2, 0.25) is 0 Å². The highest BCUT2D eigenvalue weighted by atomic mass is 16.2. The van der Waals surface area contributed by atoms with E-state index in [1.165, 1.54) is 5.56 Å². The van der Waals surface area contributed by atoms with Gasteiger partial charge < -0.3 is 20.0 Å². The number of amides is 2. The van der Waals surface area contributed by atoms with Crippen molar-refractivity contribution in [3.05, 3.63) is 105 Å². The molecular formula is C34H36N6O3. The largest absolute Gasteiger partial charge is 0.377 e. The lowest BCUT2D eigenvalue weighted by Crippen LogP contribution is -2.51. The Morgan fingerprint density at radius 1 is 0.884 bits per heavy atom. The normalized spacial score (nSPS) is 19.9. The van der Waals surface area contributed by atoms with Gasteiger partial charge in [0.25, 0.3) is 11.5 Å². The van der Waals surface area contributed by atoms with Crippen molar-refractivity contribution in [2.45, 2.75) is 31.3 Å². The summed E-state index contributed by atoms with van der Waals surface area (Å²) in [6.07, 6.45) is 1.99. The van der Waals surface area contributed by atoms with E-state index in [0.29, 0.717) is 37.1 Å². The van der Waals surface area contributed by atoms with Gasteiger partial charge in [0.2, 0.25) is 5.91 Å². The Morgan fingerprint density at radius 3 is 2.23 bits per heavy atom. The van der Waals surface area contributed by atoms with Crippen molar-refractivity contribution in [1.82, 2.24) is 24.9 Å². The lowest BCUT2D eigenvalue weighted by molar-refractivity contribution is -0.134. The Balaban J connectivity index is 1.19. The Labute approximate surface area is 250 Å². The molecule has 0 radical (unpaired) electrons. The van der Waals surface area contributed by atoms with Gasteiger partial charge in [-0.2, -0.15) is 5.10 Å². The van der Waals surface area contributed by atoms with Gasteiger partial charge in [0.15, 0.2) is 0 Å². The van der Waals surface area contributed by atoms with Crippen molar-refractivity contribution < 1.29 is 9.59 Å². The van der Waals surface area contributed by atoms with Crippen LogP contribution in [0.5, 0.6) is 0 Å². The number of aromatic amines is 1.